The SMILES string of the molecule is COc1ccc(Br)c(CCN2CCCC(F)(F)C2)c1. The largest absolute Gasteiger partial charge is 0.497 e. The van der Waals surface area contributed by atoms with Crippen LogP contribution < -0.4 is 4.74 Å². The zero-order valence-electron chi connectivity index (χ0n) is 11.0. The zero-order valence-corrected chi connectivity index (χ0v) is 12.6. The number of nitrogens with zero attached hydrogens (tertiary/aromatic N) is 1. The van der Waals surface area contributed by atoms with E-state index >= 15 is 0 Å². The van der Waals surface area contributed by atoms with Crippen molar-refractivity contribution in [3.8, 4) is 5.75 Å². The van der Waals surface area contributed by atoms with Gasteiger partial charge in [0.2, 0.25) is 0 Å². The Morgan fingerprint density at radius 3 is 2.89 bits per heavy atom. The van der Waals surface area contributed by atoms with Crippen molar-refractivity contribution in [2.24, 2.45) is 0 Å². The van der Waals surface area contributed by atoms with Crippen molar-refractivity contribution in [1.29, 1.82) is 0 Å². The summed E-state index contributed by atoms with van der Waals surface area (Å²) in [7, 11) is 1.62. The van der Waals surface area contributed by atoms with E-state index < -0.39 is 5.92 Å². The molecule has 1 saturated heterocycles. The number of halogens is 3. The Kier molecular flexibility index (Phi) is 4.79. The van der Waals surface area contributed by atoms with E-state index in [1.165, 1.54) is 0 Å². The smallest absolute Gasteiger partial charge is 0.260 e. The highest BCUT2D eigenvalue weighted by Gasteiger charge is 2.34. The van der Waals surface area contributed by atoms with Crippen LogP contribution in [0.2, 0.25) is 0 Å². The lowest BCUT2D eigenvalue weighted by Crippen LogP contribution is -2.43. The average molecular weight is 334 g/mol. The van der Waals surface area contributed by atoms with E-state index in [0.717, 1.165) is 28.8 Å². The van der Waals surface area contributed by atoms with Crippen molar-refractivity contribution in [3.63, 3.8) is 0 Å². The summed E-state index contributed by atoms with van der Waals surface area (Å²) in [6, 6.07) is 5.76. The maximum Gasteiger partial charge on any atom is 0.260 e. The molecule has 1 aliphatic rings. The first-order valence-corrected chi connectivity index (χ1v) is 7.22. The molecule has 0 radical (unpaired) electrons. The van der Waals surface area contributed by atoms with Gasteiger partial charge in [0.1, 0.15) is 5.75 Å². The molecule has 0 bridgehead atoms. The highest BCUT2D eigenvalue weighted by molar-refractivity contribution is 9.10. The Hall–Kier alpha value is -0.680. The van der Waals surface area contributed by atoms with E-state index in [2.05, 4.69) is 15.9 Å². The van der Waals surface area contributed by atoms with Gasteiger partial charge in [-0.1, -0.05) is 15.9 Å². The number of ether oxygens (including phenoxy) is 1. The van der Waals surface area contributed by atoms with Crippen LogP contribution in [0.15, 0.2) is 22.7 Å². The van der Waals surface area contributed by atoms with Crippen LogP contribution in [0.4, 0.5) is 8.78 Å². The third-order valence-electron chi connectivity index (χ3n) is 3.42. The maximum atomic E-state index is 13.3. The van der Waals surface area contributed by atoms with Crippen molar-refractivity contribution >= 4 is 15.9 Å². The Balaban J connectivity index is 1.95. The quantitative estimate of drug-likeness (QED) is 0.832. The summed E-state index contributed by atoms with van der Waals surface area (Å²) in [6.07, 6.45) is 1.34. The molecular weight excluding hydrogens is 316 g/mol. The van der Waals surface area contributed by atoms with Crippen LogP contribution in [0.1, 0.15) is 18.4 Å². The van der Waals surface area contributed by atoms with Gasteiger partial charge >= 0.3 is 0 Å². The van der Waals surface area contributed by atoms with Crippen LogP contribution >= 0.6 is 15.9 Å². The lowest BCUT2D eigenvalue weighted by molar-refractivity contribution is -0.0635. The van der Waals surface area contributed by atoms with Gasteiger partial charge in [0.25, 0.3) is 5.92 Å². The van der Waals surface area contributed by atoms with Crippen LogP contribution in [-0.2, 0) is 6.42 Å². The first-order valence-electron chi connectivity index (χ1n) is 6.43. The summed E-state index contributed by atoms with van der Waals surface area (Å²) in [4.78, 5) is 1.84. The summed E-state index contributed by atoms with van der Waals surface area (Å²) >= 11 is 3.48. The predicted octanol–water partition coefficient (Wildman–Crippen LogP) is 3.73. The van der Waals surface area contributed by atoms with E-state index in [9.17, 15) is 8.78 Å². The fourth-order valence-electron chi connectivity index (χ4n) is 2.39. The Labute approximate surface area is 120 Å². The highest BCUT2D eigenvalue weighted by atomic mass is 79.9. The number of methoxy groups -OCH3 is 1. The fraction of sp³-hybridized carbons (Fsp3) is 0.571. The Morgan fingerprint density at radius 1 is 1.42 bits per heavy atom. The molecule has 0 aromatic heterocycles. The van der Waals surface area contributed by atoms with Crippen molar-refractivity contribution in [3.05, 3.63) is 28.2 Å². The molecule has 2 nitrogen and oxygen atoms in total. The van der Waals surface area contributed by atoms with E-state index in [1.807, 2.05) is 23.1 Å². The monoisotopic (exact) mass is 333 g/mol. The van der Waals surface area contributed by atoms with Gasteiger partial charge in [0, 0.05) is 17.4 Å². The van der Waals surface area contributed by atoms with Gasteiger partial charge in [-0.3, -0.25) is 4.90 Å². The average Bonchev–Trinajstić information content (AvgIpc) is 2.37. The summed E-state index contributed by atoms with van der Waals surface area (Å²) in [5, 5.41) is 0. The number of piperidine rings is 1. The van der Waals surface area contributed by atoms with Gasteiger partial charge in [0.05, 0.1) is 13.7 Å². The normalized spacial score (nSPS) is 19.4. The molecule has 0 atom stereocenters. The molecule has 1 aliphatic heterocycles. The van der Waals surface area contributed by atoms with Gasteiger partial charge in [-0.2, -0.15) is 0 Å². The lowest BCUT2D eigenvalue weighted by Gasteiger charge is -2.32. The van der Waals surface area contributed by atoms with E-state index in [0.29, 0.717) is 13.0 Å². The number of benzene rings is 1. The first kappa shape index (κ1) is 14.7. The van der Waals surface area contributed by atoms with E-state index in [1.54, 1.807) is 7.11 Å². The Bertz CT molecular complexity index is 439. The molecule has 0 saturated carbocycles. The van der Waals surface area contributed by atoms with Gasteiger partial charge in [-0.15, -0.1) is 0 Å². The molecule has 0 unspecified atom stereocenters. The molecule has 0 aliphatic carbocycles. The minimum absolute atomic E-state index is 0.0202. The molecule has 0 N–H and O–H groups in total. The van der Waals surface area contributed by atoms with E-state index in [-0.39, 0.29) is 13.0 Å². The van der Waals surface area contributed by atoms with Crippen molar-refractivity contribution < 1.29 is 13.5 Å². The van der Waals surface area contributed by atoms with Crippen molar-refractivity contribution in [2.45, 2.75) is 25.2 Å². The van der Waals surface area contributed by atoms with Crippen molar-refractivity contribution in [2.75, 3.05) is 26.7 Å². The molecule has 1 heterocycles. The topological polar surface area (TPSA) is 12.5 Å². The summed E-state index contributed by atoms with van der Waals surface area (Å²) in [5.74, 6) is -1.73. The molecule has 106 valence electrons. The van der Waals surface area contributed by atoms with Crippen LogP contribution in [0.5, 0.6) is 5.75 Å². The first-order chi connectivity index (χ1) is 9.00. The molecule has 1 aromatic carbocycles. The summed E-state index contributed by atoms with van der Waals surface area (Å²) < 4.78 is 32.8. The molecule has 2 rings (SSSR count). The third kappa shape index (κ3) is 4.14. The number of rotatable bonds is 4. The second kappa shape index (κ2) is 6.18. The number of likely N-dealkylation sites (tertiary alicyclic amines) is 1. The van der Waals surface area contributed by atoms with Crippen LogP contribution in [0, 0.1) is 0 Å². The maximum absolute atomic E-state index is 13.3. The number of alkyl halides is 2. The third-order valence-corrected chi connectivity index (χ3v) is 4.20. The van der Waals surface area contributed by atoms with Gasteiger partial charge in [0.15, 0.2) is 0 Å². The Morgan fingerprint density at radius 2 is 2.21 bits per heavy atom. The minimum Gasteiger partial charge on any atom is -0.497 e. The van der Waals surface area contributed by atoms with Gasteiger partial charge in [-0.25, -0.2) is 8.78 Å². The molecule has 19 heavy (non-hydrogen) atoms. The van der Waals surface area contributed by atoms with Crippen LogP contribution in [0.3, 0.4) is 0 Å². The molecule has 1 fully saturated rings. The zero-order chi connectivity index (χ0) is 13.9. The summed E-state index contributed by atoms with van der Waals surface area (Å²) in [6.45, 7) is 1.30. The number of hydrogen-bond acceptors (Lipinski definition) is 2. The van der Waals surface area contributed by atoms with Crippen molar-refractivity contribution in [1.82, 2.24) is 4.90 Å². The highest BCUT2D eigenvalue weighted by Crippen LogP contribution is 2.27. The van der Waals surface area contributed by atoms with Crippen LogP contribution in [-0.4, -0.2) is 37.6 Å². The predicted molar refractivity (Wildman–Crippen MR) is 75.0 cm³/mol. The minimum atomic E-state index is -2.52. The summed E-state index contributed by atoms with van der Waals surface area (Å²) in [5.41, 5.74) is 1.09. The molecule has 1 aromatic rings. The lowest BCUT2D eigenvalue weighted by atomic mass is 10.1. The molecule has 0 spiro atoms. The second-order valence-corrected chi connectivity index (χ2v) is 5.80. The van der Waals surface area contributed by atoms with Crippen LogP contribution in [0.25, 0.3) is 0 Å². The van der Waals surface area contributed by atoms with Gasteiger partial charge < -0.3 is 4.74 Å². The molecule has 0 amide bonds. The molecule has 5 heteroatoms. The number of hydrogen-bond donors (Lipinski definition) is 0. The van der Waals surface area contributed by atoms with Gasteiger partial charge in [-0.05, 0) is 43.1 Å². The molecular formula is C14H18BrF2NO. The fourth-order valence-corrected chi connectivity index (χ4v) is 2.83. The van der Waals surface area contributed by atoms with E-state index in [4.69, 9.17) is 4.74 Å². The second-order valence-electron chi connectivity index (χ2n) is 4.94. The standard InChI is InChI=1S/C14H18BrF2NO/c1-19-12-3-4-13(15)11(9-12)5-8-18-7-2-6-14(16,17)10-18/h3-4,9H,2,5-8,10H2,1H3.